The van der Waals surface area contributed by atoms with Gasteiger partial charge in [-0.3, -0.25) is 4.98 Å². The molecule has 0 saturated carbocycles. The Hall–Kier alpha value is -1.83. The quantitative estimate of drug-likeness (QED) is 0.491. The second-order valence-corrected chi connectivity index (χ2v) is 3.39. The third-order valence-corrected chi connectivity index (χ3v) is 2.11. The second-order valence-electron chi connectivity index (χ2n) is 3.39. The third-order valence-electron chi connectivity index (χ3n) is 2.11. The molecule has 0 aliphatic carbocycles. The van der Waals surface area contributed by atoms with Crippen molar-refractivity contribution < 1.29 is 23.4 Å². The SMILES string of the molecule is [N-]=[N+]=NCC(O)C(O)c1cc(C(F)(F)F)ccn1. The first kappa shape index (κ1) is 14.2. The van der Waals surface area contributed by atoms with Crippen LogP contribution in [0.3, 0.4) is 0 Å². The summed E-state index contributed by atoms with van der Waals surface area (Å²) in [6, 6.07) is 1.38. The van der Waals surface area contributed by atoms with Crippen LogP contribution in [0.1, 0.15) is 17.4 Å². The molecule has 1 aromatic heterocycles. The lowest BCUT2D eigenvalue weighted by Gasteiger charge is -2.16. The van der Waals surface area contributed by atoms with Gasteiger partial charge in [0.15, 0.2) is 0 Å². The molecular weight excluding hydrogens is 253 g/mol. The highest BCUT2D eigenvalue weighted by molar-refractivity contribution is 5.21. The molecule has 1 aromatic rings. The Kier molecular flexibility index (Phi) is 4.49. The predicted molar refractivity (Wildman–Crippen MR) is 54.2 cm³/mol. The zero-order chi connectivity index (χ0) is 13.8. The maximum Gasteiger partial charge on any atom is 0.416 e. The smallest absolute Gasteiger partial charge is 0.390 e. The number of halogens is 3. The Morgan fingerprint density at radius 2 is 2.11 bits per heavy atom. The molecule has 0 aromatic carbocycles. The van der Waals surface area contributed by atoms with Gasteiger partial charge in [-0.15, -0.1) is 0 Å². The van der Waals surface area contributed by atoms with Gasteiger partial charge in [0.1, 0.15) is 6.10 Å². The van der Waals surface area contributed by atoms with Crippen LogP contribution in [0.5, 0.6) is 0 Å². The van der Waals surface area contributed by atoms with E-state index in [1.165, 1.54) is 0 Å². The van der Waals surface area contributed by atoms with Crippen LogP contribution in [-0.2, 0) is 6.18 Å². The molecule has 18 heavy (non-hydrogen) atoms. The zero-order valence-corrected chi connectivity index (χ0v) is 8.91. The number of rotatable bonds is 4. The summed E-state index contributed by atoms with van der Waals surface area (Å²) in [6.07, 6.45) is -6.86. The number of alkyl halides is 3. The molecule has 0 spiro atoms. The van der Waals surface area contributed by atoms with Crippen molar-refractivity contribution in [2.75, 3.05) is 6.54 Å². The lowest BCUT2D eigenvalue weighted by molar-refractivity contribution is -0.137. The van der Waals surface area contributed by atoms with Crippen molar-refractivity contribution in [1.29, 1.82) is 0 Å². The number of aliphatic hydroxyl groups is 2. The second kappa shape index (κ2) is 5.67. The molecule has 0 amide bonds. The van der Waals surface area contributed by atoms with E-state index in [0.717, 1.165) is 12.3 Å². The molecule has 0 fully saturated rings. The molecule has 98 valence electrons. The van der Waals surface area contributed by atoms with Gasteiger partial charge in [0, 0.05) is 11.1 Å². The fourth-order valence-electron chi connectivity index (χ4n) is 1.20. The van der Waals surface area contributed by atoms with Crippen molar-refractivity contribution >= 4 is 0 Å². The summed E-state index contributed by atoms with van der Waals surface area (Å²) in [4.78, 5) is 5.90. The number of hydrogen-bond acceptors (Lipinski definition) is 4. The molecule has 2 unspecified atom stereocenters. The van der Waals surface area contributed by atoms with Gasteiger partial charge in [-0.05, 0) is 17.7 Å². The number of nitrogens with zero attached hydrogens (tertiary/aromatic N) is 4. The van der Waals surface area contributed by atoms with Gasteiger partial charge in [-0.2, -0.15) is 13.2 Å². The van der Waals surface area contributed by atoms with E-state index in [1.54, 1.807) is 0 Å². The van der Waals surface area contributed by atoms with E-state index < -0.39 is 30.5 Å². The van der Waals surface area contributed by atoms with Crippen LogP contribution in [-0.4, -0.2) is 27.8 Å². The van der Waals surface area contributed by atoms with Crippen molar-refractivity contribution in [3.63, 3.8) is 0 Å². The van der Waals surface area contributed by atoms with E-state index >= 15 is 0 Å². The minimum Gasteiger partial charge on any atom is -0.390 e. The fourth-order valence-corrected chi connectivity index (χ4v) is 1.20. The summed E-state index contributed by atoms with van der Waals surface area (Å²) in [6.45, 7) is -0.463. The standard InChI is InChI=1S/C9H9F3N4O2/c10-9(11,12)5-1-2-14-6(3-5)8(18)7(17)4-15-16-13/h1-3,7-8,17-18H,4H2. The van der Waals surface area contributed by atoms with Gasteiger partial charge < -0.3 is 10.2 Å². The fraction of sp³-hybridized carbons (Fsp3) is 0.444. The molecule has 2 N–H and O–H groups in total. The summed E-state index contributed by atoms with van der Waals surface area (Å²) in [5.41, 5.74) is 6.69. The van der Waals surface area contributed by atoms with Crippen molar-refractivity contribution in [1.82, 2.24) is 4.98 Å². The van der Waals surface area contributed by atoms with Crippen LogP contribution in [0.4, 0.5) is 13.2 Å². The molecule has 0 aliphatic heterocycles. The monoisotopic (exact) mass is 262 g/mol. The van der Waals surface area contributed by atoms with Crippen molar-refractivity contribution in [2.45, 2.75) is 18.4 Å². The topological polar surface area (TPSA) is 102 Å². The highest BCUT2D eigenvalue weighted by atomic mass is 19.4. The van der Waals surface area contributed by atoms with Crippen LogP contribution in [0.25, 0.3) is 10.4 Å². The number of aliphatic hydroxyl groups excluding tert-OH is 2. The largest absolute Gasteiger partial charge is 0.416 e. The highest BCUT2D eigenvalue weighted by Crippen LogP contribution is 2.30. The van der Waals surface area contributed by atoms with Crippen LogP contribution in [0.2, 0.25) is 0 Å². The lowest BCUT2D eigenvalue weighted by Crippen LogP contribution is -2.22. The van der Waals surface area contributed by atoms with Crippen LogP contribution in [0.15, 0.2) is 23.4 Å². The van der Waals surface area contributed by atoms with Gasteiger partial charge in [0.25, 0.3) is 0 Å². The summed E-state index contributed by atoms with van der Waals surface area (Å²) in [7, 11) is 0. The van der Waals surface area contributed by atoms with Crippen LogP contribution < -0.4 is 0 Å². The lowest BCUT2D eigenvalue weighted by atomic mass is 10.1. The van der Waals surface area contributed by atoms with Gasteiger partial charge in [0.2, 0.25) is 0 Å². The summed E-state index contributed by atoms with van der Waals surface area (Å²) >= 11 is 0. The summed E-state index contributed by atoms with van der Waals surface area (Å²) in [5, 5.41) is 21.9. The molecule has 0 bridgehead atoms. The molecule has 9 heteroatoms. The maximum atomic E-state index is 12.4. The van der Waals surface area contributed by atoms with E-state index in [9.17, 15) is 23.4 Å². The molecule has 6 nitrogen and oxygen atoms in total. The molecule has 1 rings (SSSR count). The molecule has 2 atom stereocenters. The molecule has 0 saturated heterocycles. The Balaban J connectivity index is 2.92. The normalized spacial score (nSPS) is 14.7. The number of azide groups is 1. The molecule has 0 aliphatic rings. The van der Waals surface area contributed by atoms with Crippen molar-refractivity contribution in [3.8, 4) is 0 Å². The minimum absolute atomic E-state index is 0.342. The predicted octanol–water partition coefficient (Wildman–Crippen LogP) is 1.80. The Morgan fingerprint density at radius 3 is 2.67 bits per heavy atom. The average molecular weight is 262 g/mol. The van der Waals surface area contributed by atoms with Crippen LogP contribution >= 0.6 is 0 Å². The third kappa shape index (κ3) is 3.59. The first-order valence-electron chi connectivity index (χ1n) is 4.76. The minimum atomic E-state index is -4.56. The maximum absolute atomic E-state index is 12.4. The van der Waals surface area contributed by atoms with E-state index in [0.29, 0.717) is 6.07 Å². The van der Waals surface area contributed by atoms with E-state index in [-0.39, 0.29) is 5.69 Å². The Labute approximate surface area is 99.3 Å². The summed E-state index contributed by atoms with van der Waals surface area (Å²) in [5.74, 6) is 0. The summed E-state index contributed by atoms with van der Waals surface area (Å²) < 4.78 is 37.2. The average Bonchev–Trinajstić information content (AvgIpc) is 2.34. The Morgan fingerprint density at radius 1 is 1.44 bits per heavy atom. The van der Waals surface area contributed by atoms with Gasteiger partial charge in [-0.25, -0.2) is 0 Å². The number of pyridine rings is 1. The van der Waals surface area contributed by atoms with Crippen LogP contribution in [0, 0.1) is 0 Å². The van der Waals surface area contributed by atoms with Gasteiger partial charge >= 0.3 is 6.18 Å². The zero-order valence-electron chi connectivity index (χ0n) is 8.91. The number of hydrogen-bond donors (Lipinski definition) is 2. The van der Waals surface area contributed by atoms with E-state index in [1.807, 2.05) is 0 Å². The van der Waals surface area contributed by atoms with Crippen molar-refractivity contribution in [2.24, 2.45) is 5.11 Å². The van der Waals surface area contributed by atoms with Gasteiger partial charge in [0.05, 0.1) is 23.9 Å². The molecule has 1 heterocycles. The Bertz CT molecular complexity index is 459. The van der Waals surface area contributed by atoms with Crippen molar-refractivity contribution in [3.05, 3.63) is 40.0 Å². The van der Waals surface area contributed by atoms with E-state index in [4.69, 9.17) is 5.53 Å². The van der Waals surface area contributed by atoms with Gasteiger partial charge in [-0.1, -0.05) is 5.11 Å². The molecule has 0 radical (unpaired) electrons. The van der Waals surface area contributed by atoms with E-state index in [2.05, 4.69) is 15.0 Å². The molecular formula is C9H9F3N4O2. The first-order chi connectivity index (χ1) is 8.36. The number of aromatic nitrogens is 1. The first-order valence-corrected chi connectivity index (χ1v) is 4.76. The highest BCUT2D eigenvalue weighted by Gasteiger charge is 2.31.